The van der Waals surface area contributed by atoms with Crippen LogP contribution in [0.4, 0.5) is 4.39 Å². The highest BCUT2D eigenvalue weighted by Gasteiger charge is 2.49. The van der Waals surface area contributed by atoms with E-state index in [0.717, 1.165) is 11.0 Å². The summed E-state index contributed by atoms with van der Waals surface area (Å²) < 4.78 is 14.1. The molecule has 38 heavy (non-hydrogen) atoms. The lowest BCUT2D eigenvalue weighted by Crippen LogP contribution is -2.57. The minimum absolute atomic E-state index is 0.102. The number of para-hydroxylation sites is 3. The van der Waals surface area contributed by atoms with Crippen LogP contribution in [-0.2, 0) is 4.79 Å². The number of imidazole rings is 1. The van der Waals surface area contributed by atoms with Gasteiger partial charge in [-0.3, -0.25) is 14.4 Å². The van der Waals surface area contributed by atoms with Crippen LogP contribution in [0.25, 0.3) is 21.9 Å². The molecule has 0 radical (unpaired) electrons. The van der Waals surface area contributed by atoms with Crippen LogP contribution in [0.1, 0.15) is 47.8 Å². The SMILES string of the molecule is CC[C@H](C)[C@H](NC(=O)c1cc2cccc(F)c2[nH]1)C(=O)N1C[C@@H]2C[C@H]1CN2C(=O)c1nc2ccccc2[nH]1. The van der Waals surface area contributed by atoms with Gasteiger partial charge in [0, 0.05) is 18.5 Å². The van der Waals surface area contributed by atoms with E-state index in [-0.39, 0.29) is 41.0 Å². The lowest BCUT2D eigenvalue weighted by Gasteiger charge is -2.37. The summed E-state index contributed by atoms with van der Waals surface area (Å²) in [5.41, 5.74) is 2.01. The fraction of sp³-hybridized carbons (Fsp3) is 0.357. The Hall–Kier alpha value is -4.21. The van der Waals surface area contributed by atoms with Gasteiger partial charge in [-0.2, -0.15) is 0 Å². The van der Waals surface area contributed by atoms with Crippen molar-refractivity contribution in [3.05, 3.63) is 65.9 Å². The van der Waals surface area contributed by atoms with Crippen LogP contribution < -0.4 is 5.32 Å². The van der Waals surface area contributed by atoms with Crippen molar-refractivity contribution in [2.24, 2.45) is 5.92 Å². The number of carbonyl (C=O) groups is 3. The summed E-state index contributed by atoms with van der Waals surface area (Å²) in [5, 5.41) is 3.49. The number of hydrogen-bond acceptors (Lipinski definition) is 4. The Morgan fingerprint density at radius 3 is 2.55 bits per heavy atom. The predicted molar refractivity (Wildman–Crippen MR) is 140 cm³/mol. The van der Waals surface area contributed by atoms with Crippen molar-refractivity contribution in [2.45, 2.75) is 44.8 Å². The number of H-pyrrole nitrogens is 2. The average molecular weight is 517 g/mol. The van der Waals surface area contributed by atoms with Crippen molar-refractivity contribution in [2.75, 3.05) is 13.1 Å². The van der Waals surface area contributed by atoms with Gasteiger partial charge < -0.3 is 25.1 Å². The Kier molecular flexibility index (Phi) is 5.89. The minimum atomic E-state index is -0.734. The molecule has 2 aromatic heterocycles. The Balaban J connectivity index is 1.16. The topological polar surface area (TPSA) is 114 Å². The van der Waals surface area contributed by atoms with Crippen LogP contribution in [0.2, 0.25) is 0 Å². The Morgan fingerprint density at radius 2 is 1.84 bits per heavy atom. The smallest absolute Gasteiger partial charge is 0.290 e. The first-order chi connectivity index (χ1) is 18.3. The first-order valence-electron chi connectivity index (χ1n) is 13.0. The van der Waals surface area contributed by atoms with Gasteiger partial charge in [0.05, 0.1) is 28.6 Å². The summed E-state index contributed by atoms with van der Waals surface area (Å²) in [5.74, 6) is -1.02. The molecular formula is C28H29FN6O3. The van der Waals surface area contributed by atoms with E-state index in [0.29, 0.717) is 37.1 Å². The second-order valence-corrected chi connectivity index (χ2v) is 10.3. The molecule has 3 amide bonds. The maximum absolute atomic E-state index is 14.1. The maximum atomic E-state index is 14.1. The number of amides is 3. The number of benzene rings is 2. The van der Waals surface area contributed by atoms with Gasteiger partial charge in [0.25, 0.3) is 11.8 Å². The summed E-state index contributed by atoms with van der Waals surface area (Å²) in [6.07, 6.45) is 1.39. The standard InChI is InChI=1S/C28H29FN6O3/c1-3-15(2)23(33-26(36)22-11-16-7-6-8-19(29)24(16)30-22)27(37)34-13-18-12-17(34)14-35(18)28(38)25-31-20-9-4-5-10-21(20)32-25/h4-11,15,17-18,23,30H,3,12-14H2,1-2H3,(H,31,32)(H,33,36)/t15-,17-,18-,23-/m0/s1. The molecule has 9 nitrogen and oxygen atoms in total. The number of aromatic nitrogens is 3. The summed E-state index contributed by atoms with van der Waals surface area (Å²) in [6, 6.07) is 12.8. The van der Waals surface area contributed by atoms with Crippen molar-refractivity contribution < 1.29 is 18.8 Å². The lowest BCUT2D eigenvalue weighted by atomic mass is 9.97. The van der Waals surface area contributed by atoms with E-state index in [2.05, 4.69) is 20.3 Å². The molecule has 2 bridgehead atoms. The van der Waals surface area contributed by atoms with Gasteiger partial charge in [-0.05, 0) is 36.6 Å². The fourth-order valence-electron chi connectivity index (χ4n) is 5.70. The zero-order valence-electron chi connectivity index (χ0n) is 21.2. The third-order valence-electron chi connectivity index (χ3n) is 7.99. The van der Waals surface area contributed by atoms with Crippen LogP contribution >= 0.6 is 0 Å². The number of nitrogens with zero attached hydrogens (tertiary/aromatic N) is 3. The molecule has 196 valence electrons. The van der Waals surface area contributed by atoms with E-state index in [1.165, 1.54) is 6.07 Å². The molecule has 2 saturated heterocycles. The number of aromatic amines is 2. The van der Waals surface area contributed by atoms with E-state index in [1.54, 1.807) is 28.0 Å². The van der Waals surface area contributed by atoms with E-state index in [9.17, 15) is 18.8 Å². The number of fused-ring (bicyclic) bond motifs is 4. The second-order valence-electron chi connectivity index (χ2n) is 10.3. The average Bonchev–Trinajstić information content (AvgIpc) is 3.72. The Morgan fingerprint density at radius 1 is 1.08 bits per heavy atom. The van der Waals surface area contributed by atoms with Crippen LogP contribution in [0.5, 0.6) is 0 Å². The zero-order valence-corrected chi connectivity index (χ0v) is 21.2. The third-order valence-corrected chi connectivity index (χ3v) is 7.99. The van der Waals surface area contributed by atoms with Gasteiger partial charge >= 0.3 is 0 Å². The molecular weight excluding hydrogens is 487 g/mol. The van der Waals surface area contributed by atoms with Gasteiger partial charge in [-0.1, -0.05) is 44.5 Å². The van der Waals surface area contributed by atoms with Gasteiger partial charge in [-0.25, -0.2) is 9.37 Å². The van der Waals surface area contributed by atoms with Gasteiger partial charge in [0.1, 0.15) is 17.6 Å². The van der Waals surface area contributed by atoms with E-state index in [4.69, 9.17) is 0 Å². The molecule has 4 aromatic rings. The van der Waals surface area contributed by atoms with Gasteiger partial charge in [-0.15, -0.1) is 0 Å². The van der Waals surface area contributed by atoms with Crippen molar-refractivity contribution in [3.63, 3.8) is 0 Å². The summed E-state index contributed by atoms with van der Waals surface area (Å²) in [4.78, 5) is 54.0. The lowest BCUT2D eigenvalue weighted by molar-refractivity contribution is -0.136. The molecule has 2 fully saturated rings. The monoisotopic (exact) mass is 516 g/mol. The molecule has 0 spiro atoms. The number of halogens is 1. The first kappa shape index (κ1) is 24.1. The van der Waals surface area contributed by atoms with E-state index in [1.807, 2.05) is 38.1 Å². The highest BCUT2D eigenvalue weighted by molar-refractivity contribution is 6.00. The highest BCUT2D eigenvalue weighted by atomic mass is 19.1. The Labute approximate surface area is 218 Å². The van der Waals surface area contributed by atoms with Crippen molar-refractivity contribution in [3.8, 4) is 0 Å². The number of likely N-dealkylation sites (tertiary alicyclic amines) is 2. The molecule has 6 rings (SSSR count). The number of carbonyl (C=O) groups excluding carboxylic acids is 3. The van der Waals surface area contributed by atoms with Crippen molar-refractivity contribution in [1.29, 1.82) is 0 Å². The number of piperazine rings is 1. The molecule has 4 atom stereocenters. The molecule has 10 heteroatoms. The molecule has 0 saturated carbocycles. The predicted octanol–water partition coefficient (Wildman–Crippen LogP) is 3.45. The Bertz CT molecular complexity index is 1530. The fourth-order valence-corrected chi connectivity index (χ4v) is 5.70. The van der Waals surface area contributed by atoms with E-state index < -0.39 is 17.8 Å². The van der Waals surface area contributed by atoms with Crippen LogP contribution in [0.15, 0.2) is 48.5 Å². The molecule has 2 aliphatic rings. The summed E-state index contributed by atoms with van der Waals surface area (Å²) in [6.45, 7) is 4.74. The molecule has 4 heterocycles. The third kappa shape index (κ3) is 4.00. The number of nitrogens with one attached hydrogen (secondary N) is 3. The molecule has 0 unspecified atom stereocenters. The largest absolute Gasteiger partial charge is 0.348 e. The zero-order chi connectivity index (χ0) is 26.6. The van der Waals surface area contributed by atoms with Crippen molar-refractivity contribution in [1.82, 2.24) is 30.1 Å². The maximum Gasteiger partial charge on any atom is 0.290 e. The first-order valence-corrected chi connectivity index (χ1v) is 13.0. The molecule has 2 aliphatic heterocycles. The summed E-state index contributed by atoms with van der Waals surface area (Å²) in [7, 11) is 0. The van der Waals surface area contributed by atoms with Crippen LogP contribution in [0, 0.1) is 11.7 Å². The molecule has 2 aromatic carbocycles. The highest BCUT2D eigenvalue weighted by Crippen LogP contribution is 2.33. The van der Waals surface area contributed by atoms with E-state index >= 15 is 0 Å². The molecule has 0 aliphatic carbocycles. The quantitative estimate of drug-likeness (QED) is 0.364. The minimum Gasteiger partial charge on any atom is -0.348 e. The van der Waals surface area contributed by atoms with Gasteiger partial charge in [0.2, 0.25) is 5.91 Å². The van der Waals surface area contributed by atoms with Crippen LogP contribution in [-0.4, -0.2) is 73.7 Å². The van der Waals surface area contributed by atoms with Crippen LogP contribution in [0.3, 0.4) is 0 Å². The number of rotatable bonds is 6. The number of hydrogen-bond donors (Lipinski definition) is 3. The second kappa shape index (κ2) is 9.27. The normalized spacial score (nSPS) is 20.3. The van der Waals surface area contributed by atoms with Crippen molar-refractivity contribution >= 4 is 39.7 Å². The summed E-state index contributed by atoms with van der Waals surface area (Å²) >= 11 is 0. The molecule has 3 N–H and O–H groups in total. The van der Waals surface area contributed by atoms with Gasteiger partial charge in [0.15, 0.2) is 5.82 Å².